The van der Waals surface area contributed by atoms with Gasteiger partial charge in [-0.2, -0.15) is 10.2 Å². The molecule has 0 aromatic carbocycles. The van der Waals surface area contributed by atoms with Gasteiger partial charge in [0.1, 0.15) is 0 Å². The minimum atomic E-state index is -0.222. The fraction of sp³-hybridized carbons (Fsp3) is 0.533. The number of amides is 1. The van der Waals surface area contributed by atoms with Gasteiger partial charge in [0.15, 0.2) is 0 Å². The van der Waals surface area contributed by atoms with Crippen LogP contribution >= 0.6 is 0 Å². The van der Waals surface area contributed by atoms with E-state index in [-0.39, 0.29) is 17.9 Å². The normalized spacial score (nSPS) is 21.7. The Morgan fingerprint density at radius 1 is 1.59 bits per heavy atom. The molecule has 118 valence electrons. The van der Waals surface area contributed by atoms with Gasteiger partial charge in [0.05, 0.1) is 36.2 Å². The van der Waals surface area contributed by atoms with Gasteiger partial charge in [0, 0.05) is 25.4 Å². The number of hydrogen-bond acceptors (Lipinski definition) is 4. The fourth-order valence-electron chi connectivity index (χ4n) is 2.93. The van der Waals surface area contributed by atoms with E-state index in [0.29, 0.717) is 13.2 Å². The summed E-state index contributed by atoms with van der Waals surface area (Å²) in [4.78, 5) is 12.5. The van der Waals surface area contributed by atoms with Crippen molar-refractivity contribution in [2.24, 2.45) is 13.0 Å². The van der Waals surface area contributed by atoms with Crippen molar-refractivity contribution in [1.82, 2.24) is 25.3 Å². The lowest BCUT2D eigenvalue weighted by Crippen LogP contribution is -2.37. The van der Waals surface area contributed by atoms with Crippen LogP contribution in [0.2, 0.25) is 0 Å². The summed E-state index contributed by atoms with van der Waals surface area (Å²) in [5, 5.41) is 14.0. The molecule has 7 heteroatoms. The summed E-state index contributed by atoms with van der Waals surface area (Å²) in [5.74, 6) is -0.162. The molecule has 1 fully saturated rings. The molecule has 7 nitrogen and oxygen atoms in total. The van der Waals surface area contributed by atoms with Crippen LogP contribution in [0.1, 0.15) is 35.9 Å². The van der Waals surface area contributed by atoms with Gasteiger partial charge in [-0.3, -0.25) is 14.6 Å². The van der Waals surface area contributed by atoms with Crippen LogP contribution in [0.4, 0.5) is 0 Å². The molecule has 0 aliphatic carbocycles. The second kappa shape index (κ2) is 6.31. The maximum atomic E-state index is 12.5. The van der Waals surface area contributed by atoms with Gasteiger partial charge < -0.3 is 10.1 Å². The van der Waals surface area contributed by atoms with E-state index < -0.39 is 0 Å². The summed E-state index contributed by atoms with van der Waals surface area (Å²) in [6.45, 7) is 3.10. The van der Waals surface area contributed by atoms with E-state index in [2.05, 4.69) is 20.6 Å². The van der Waals surface area contributed by atoms with Crippen molar-refractivity contribution in [1.29, 1.82) is 0 Å². The molecule has 3 heterocycles. The predicted octanol–water partition coefficient (Wildman–Crippen LogP) is 1.24. The molecule has 3 rings (SSSR count). The topological polar surface area (TPSA) is 84.8 Å². The average Bonchev–Trinajstić information content (AvgIpc) is 3.14. The third-order valence-corrected chi connectivity index (χ3v) is 4.05. The van der Waals surface area contributed by atoms with Gasteiger partial charge in [-0.1, -0.05) is 0 Å². The molecule has 1 aliphatic heterocycles. The van der Waals surface area contributed by atoms with Gasteiger partial charge in [-0.15, -0.1) is 0 Å². The van der Waals surface area contributed by atoms with Crippen molar-refractivity contribution < 1.29 is 9.53 Å². The molecule has 1 saturated heterocycles. The van der Waals surface area contributed by atoms with E-state index >= 15 is 0 Å². The Morgan fingerprint density at radius 2 is 2.45 bits per heavy atom. The van der Waals surface area contributed by atoms with Crippen LogP contribution < -0.4 is 5.32 Å². The fourth-order valence-corrected chi connectivity index (χ4v) is 2.93. The molecule has 0 bridgehead atoms. The Hall–Kier alpha value is -2.15. The molecule has 22 heavy (non-hydrogen) atoms. The SMILES string of the molecule is Cc1cc(CNC(=O)[C@@H]2CCCO[C@H]2c2cn[nH]c2)n(C)n1. The van der Waals surface area contributed by atoms with Gasteiger partial charge in [-0.05, 0) is 25.8 Å². The number of hydrogen-bond donors (Lipinski definition) is 2. The van der Waals surface area contributed by atoms with Crippen molar-refractivity contribution in [2.45, 2.75) is 32.4 Å². The molecule has 0 saturated carbocycles. The molecule has 0 unspecified atom stereocenters. The first kappa shape index (κ1) is 14.8. The van der Waals surface area contributed by atoms with Gasteiger partial charge in [0.2, 0.25) is 5.91 Å². The molecule has 0 spiro atoms. The Morgan fingerprint density at radius 3 is 3.14 bits per heavy atom. The minimum absolute atomic E-state index is 0.0183. The number of carbonyl (C=O) groups excluding carboxylic acids is 1. The lowest BCUT2D eigenvalue weighted by Gasteiger charge is -2.30. The highest BCUT2D eigenvalue weighted by atomic mass is 16.5. The van der Waals surface area contributed by atoms with Crippen molar-refractivity contribution in [3.05, 3.63) is 35.4 Å². The van der Waals surface area contributed by atoms with E-state index in [1.807, 2.05) is 20.0 Å². The third-order valence-electron chi connectivity index (χ3n) is 4.05. The van der Waals surface area contributed by atoms with E-state index in [9.17, 15) is 4.79 Å². The Kier molecular flexibility index (Phi) is 4.24. The number of H-pyrrole nitrogens is 1. The number of ether oxygens (including phenoxy) is 1. The smallest absolute Gasteiger partial charge is 0.226 e. The summed E-state index contributed by atoms with van der Waals surface area (Å²) >= 11 is 0. The highest BCUT2D eigenvalue weighted by Crippen LogP contribution is 2.33. The Balaban J connectivity index is 1.66. The van der Waals surface area contributed by atoms with Crippen molar-refractivity contribution in [2.75, 3.05) is 6.61 Å². The summed E-state index contributed by atoms with van der Waals surface area (Å²) in [7, 11) is 1.88. The van der Waals surface area contributed by atoms with Crippen molar-refractivity contribution >= 4 is 5.91 Å². The van der Waals surface area contributed by atoms with Crippen LogP contribution in [0, 0.1) is 12.8 Å². The molecule has 2 aromatic rings. The zero-order valence-electron chi connectivity index (χ0n) is 12.9. The number of aromatic nitrogens is 4. The Labute approximate surface area is 129 Å². The molecular formula is C15H21N5O2. The van der Waals surface area contributed by atoms with Gasteiger partial charge >= 0.3 is 0 Å². The van der Waals surface area contributed by atoms with E-state index in [1.54, 1.807) is 17.1 Å². The van der Waals surface area contributed by atoms with E-state index in [1.165, 1.54) is 0 Å². The lowest BCUT2D eigenvalue weighted by atomic mass is 9.90. The monoisotopic (exact) mass is 303 g/mol. The number of nitrogens with zero attached hydrogens (tertiary/aromatic N) is 3. The van der Waals surface area contributed by atoms with Crippen LogP contribution in [0.5, 0.6) is 0 Å². The molecular weight excluding hydrogens is 282 g/mol. The molecule has 2 atom stereocenters. The summed E-state index contributed by atoms with van der Waals surface area (Å²) in [5.41, 5.74) is 2.86. The van der Waals surface area contributed by atoms with Crippen LogP contribution in [0.3, 0.4) is 0 Å². The summed E-state index contributed by atoms with van der Waals surface area (Å²) in [6.07, 6.45) is 5.02. The molecule has 1 aliphatic rings. The van der Waals surface area contributed by atoms with Gasteiger partial charge in [0.25, 0.3) is 0 Å². The number of rotatable bonds is 4. The third kappa shape index (κ3) is 3.04. The van der Waals surface area contributed by atoms with Crippen LogP contribution in [-0.4, -0.2) is 32.5 Å². The first-order chi connectivity index (χ1) is 10.6. The quantitative estimate of drug-likeness (QED) is 0.890. The highest BCUT2D eigenvalue weighted by molar-refractivity contribution is 5.79. The molecule has 2 N–H and O–H groups in total. The highest BCUT2D eigenvalue weighted by Gasteiger charge is 2.33. The van der Waals surface area contributed by atoms with Crippen molar-refractivity contribution in [3.63, 3.8) is 0 Å². The predicted molar refractivity (Wildman–Crippen MR) is 79.8 cm³/mol. The average molecular weight is 303 g/mol. The van der Waals surface area contributed by atoms with E-state index in [0.717, 1.165) is 29.8 Å². The first-order valence-electron chi connectivity index (χ1n) is 7.52. The van der Waals surface area contributed by atoms with Crippen LogP contribution in [-0.2, 0) is 23.1 Å². The molecule has 2 aromatic heterocycles. The van der Waals surface area contributed by atoms with Crippen LogP contribution in [0.25, 0.3) is 0 Å². The second-order valence-corrected chi connectivity index (χ2v) is 5.69. The zero-order valence-corrected chi connectivity index (χ0v) is 12.9. The maximum absolute atomic E-state index is 12.5. The maximum Gasteiger partial charge on any atom is 0.226 e. The second-order valence-electron chi connectivity index (χ2n) is 5.69. The zero-order chi connectivity index (χ0) is 15.5. The molecule has 0 radical (unpaired) electrons. The number of nitrogens with one attached hydrogen (secondary N) is 2. The summed E-state index contributed by atoms with van der Waals surface area (Å²) < 4.78 is 7.59. The molecule has 1 amide bonds. The number of carbonyl (C=O) groups is 1. The lowest BCUT2D eigenvalue weighted by molar-refractivity contribution is -0.134. The van der Waals surface area contributed by atoms with Crippen LogP contribution in [0.15, 0.2) is 18.5 Å². The van der Waals surface area contributed by atoms with Crippen molar-refractivity contribution in [3.8, 4) is 0 Å². The Bertz CT molecular complexity index is 634. The summed E-state index contributed by atoms with van der Waals surface area (Å²) in [6, 6.07) is 1.98. The first-order valence-corrected chi connectivity index (χ1v) is 7.52. The van der Waals surface area contributed by atoms with E-state index in [4.69, 9.17) is 4.74 Å². The standard InChI is InChI=1S/C15H21N5O2/c1-10-6-12(20(2)19-10)9-16-15(21)13-4-3-5-22-14(13)11-7-17-18-8-11/h6-8,13-14H,3-5,9H2,1-2H3,(H,16,21)(H,17,18)/t13-,14+/m1/s1. The number of aryl methyl sites for hydroxylation is 2. The minimum Gasteiger partial charge on any atom is -0.373 e. The van der Waals surface area contributed by atoms with Gasteiger partial charge in [-0.25, -0.2) is 0 Å². The largest absolute Gasteiger partial charge is 0.373 e. The number of aromatic amines is 1.